The zero-order chi connectivity index (χ0) is 47.4. The molecule has 6 heteroatoms. The van der Waals surface area contributed by atoms with Crippen molar-refractivity contribution in [1.29, 1.82) is 0 Å². The smallest absolute Gasteiger partial charge is 0.249 e. The average Bonchev–Trinajstić information content (AvgIpc) is 3.31. The molecule has 0 aromatic rings. The fourth-order valence-corrected chi connectivity index (χ4v) is 9.88. The average molecular weight is 923 g/mol. The normalized spacial score (nSPS) is 13.6. The zero-order valence-electron chi connectivity index (χ0n) is 44.3. The molecule has 0 aliphatic rings. The fraction of sp³-hybridized carbons (Fsp3) is 0.983. The Balaban J connectivity index is 3.55. The van der Waals surface area contributed by atoms with Gasteiger partial charge in [0, 0.05) is 0 Å². The Bertz CT molecular complexity index is 902. The van der Waals surface area contributed by atoms with Crippen LogP contribution in [0.4, 0.5) is 0 Å². The SMILES string of the molecule is CCCCCCCCCCCCCCCCCCCCCCCCCCCCCCC(O)C(O)C(CO)NC(=O)C(O)CCCCCCCCCCCCCCCCCCCCCCC. The van der Waals surface area contributed by atoms with Crippen LogP contribution in [0, 0.1) is 0 Å². The van der Waals surface area contributed by atoms with E-state index >= 15 is 0 Å². The Kier molecular flexibility index (Phi) is 53.7. The molecule has 65 heavy (non-hydrogen) atoms. The van der Waals surface area contributed by atoms with Crippen LogP contribution >= 0.6 is 0 Å². The van der Waals surface area contributed by atoms with Crippen LogP contribution in [0.5, 0.6) is 0 Å². The lowest BCUT2D eigenvalue weighted by Crippen LogP contribution is -2.53. The minimum atomic E-state index is -1.25. The van der Waals surface area contributed by atoms with E-state index in [1.807, 2.05) is 0 Å². The molecule has 4 unspecified atom stereocenters. The number of rotatable bonds is 56. The minimum Gasteiger partial charge on any atom is -0.394 e. The highest BCUT2D eigenvalue weighted by Crippen LogP contribution is 2.19. The van der Waals surface area contributed by atoms with Gasteiger partial charge >= 0.3 is 0 Å². The van der Waals surface area contributed by atoms with Gasteiger partial charge in [0.05, 0.1) is 18.8 Å². The van der Waals surface area contributed by atoms with Gasteiger partial charge < -0.3 is 25.7 Å². The highest BCUT2D eigenvalue weighted by atomic mass is 16.3. The van der Waals surface area contributed by atoms with Gasteiger partial charge in [0.2, 0.25) is 5.91 Å². The predicted molar refractivity (Wildman–Crippen MR) is 284 cm³/mol. The standard InChI is InChI=1S/C59H119NO5/c1-3-5-7-9-11-13-15-17-19-21-23-25-26-27-28-29-30-31-33-34-36-38-40-42-44-46-48-50-52-56(62)58(64)55(54-61)60-59(65)57(63)53-51-49-47-45-43-41-39-37-35-32-24-22-20-18-16-14-12-10-8-6-4-2/h55-58,61-64H,3-54H2,1-2H3,(H,60,65). The third kappa shape index (κ3) is 48.1. The maximum absolute atomic E-state index is 12.6. The quantitative estimate of drug-likeness (QED) is 0.0390. The summed E-state index contributed by atoms with van der Waals surface area (Å²) in [4.78, 5) is 12.6. The summed E-state index contributed by atoms with van der Waals surface area (Å²) in [5.41, 5.74) is 0. The summed E-state index contributed by atoms with van der Waals surface area (Å²) in [6.45, 7) is 4.11. The van der Waals surface area contributed by atoms with Gasteiger partial charge in [0.15, 0.2) is 0 Å². The predicted octanol–water partition coefficient (Wildman–Crippen LogP) is 17.5. The summed E-state index contributed by atoms with van der Waals surface area (Å²) in [5.74, 6) is -0.575. The van der Waals surface area contributed by atoms with Crippen molar-refractivity contribution in [1.82, 2.24) is 5.32 Å². The lowest BCUT2D eigenvalue weighted by molar-refractivity contribution is -0.132. The van der Waals surface area contributed by atoms with Gasteiger partial charge in [0.1, 0.15) is 12.2 Å². The molecule has 0 bridgehead atoms. The topological polar surface area (TPSA) is 110 Å². The molecule has 0 aliphatic heterocycles. The molecule has 4 atom stereocenters. The lowest BCUT2D eigenvalue weighted by Gasteiger charge is -2.27. The van der Waals surface area contributed by atoms with Crippen LogP contribution < -0.4 is 5.32 Å². The number of hydrogen-bond donors (Lipinski definition) is 5. The van der Waals surface area contributed by atoms with E-state index in [0.29, 0.717) is 12.8 Å². The van der Waals surface area contributed by atoms with Crippen LogP contribution in [0.25, 0.3) is 0 Å². The van der Waals surface area contributed by atoms with E-state index in [1.165, 1.54) is 276 Å². The Hall–Kier alpha value is -0.690. The molecule has 0 aromatic carbocycles. The van der Waals surface area contributed by atoms with Gasteiger partial charge in [-0.05, 0) is 12.8 Å². The van der Waals surface area contributed by atoms with E-state index < -0.39 is 36.9 Å². The van der Waals surface area contributed by atoms with Gasteiger partial charge in [-0.15, -0.1) is 0 Å². The van der Waals surface area contributed by atoms with Crippen LogP contribution in [0.15, 0.2) is 0 Å². The van der Waals surface area contributed by atoms with Crippen molar-refractivity contribution >= 4 is 5.91 Å². The summed E-state index contributed by atoms with van der Waals surface area (Å²) in [5, 5.41) is 44.1. The third-order valence-electron chi connectivity index (χ3n) is 14.6. The van der Waals surface area contributed by atoms with E-state index in [2.05, 4.69) is 19.2 Å². The summed E-state index contributed by atoms with van der Waals surface area (Å²) in [6, 6.07) is -0.981. The van der Waals surface area contributed by atoms with E-state index in [-0.39, 0.29) is 0 Å². The van der Waals surface area contributed by atoms with Crippen molar-refractivity contribution in [3.05, 3.63) is 0 Å². The molecule has 0 aromatic heterocycles. The molecule has 5 N–H and O–H groups in total. The summed E-state index contributed by atoms with van der Waals surface area (Å²) >= 11 is 0. The molecule has 0 radical (unpaired) electrons. The van der Waals surface area contributed by atoms with E-state index in [1.54, 1.807) is 0 Å². The molecular formula is C59H119NO5. The number of carbonyl (C=O) groups is 1. The monoisotopic (exact) mass is 922 g/mol. The maximum atomic E-state index is 12.6. The molecule has 0 heterocycles. The van der Waals surface area contributed by atoms with Gasteiger partial charge in [-0.2, -0.15) is 0 Å². The van der Waals surface area contributed by atoms with Crippen LogP contribution in [-0.4, -0.2) is 57.3 Å². The first-order valence-corrected chi connectivity index (χ1v) is 29.9. The van der Waals surface area contributed by atoms with Crippen molar-refractivity contribution in [3.63, 3.8) is 0 Å². The number of nitrogens with one attached hydrogen (secondary N) is 1. The first kappa shape index (κ1) is 64.3. The number of aliphatic hydroxyl groups is 4. The van der Waals surface area contributed by atoms with Crippen molar-refractivity contribution in [2.45, 2.75) is 366 Å². The van der Waals surface area contributed by atoms with Gasteiger partial charge in [-0.1, -0.05) is 328 Å². The van der Waals surface area contributed by atoms with Gasteiger partial charge in [-0.25, -0.2) is 0 Å². The van der Waals surface area contributed by atoms with Crippen LogP contribution in [0.3, 0.4) is 0 Å². The number of hydrogen-bond acceptors (Lipinski definition) is 5. The Labute approximate surface area is 407 Å². The van der Waals surface area contributed by atoms with E-state index in [4.69, 9.17) is 0 Å². The third-order valence-corrected chi connectivity index (χ3v) is 14.6. The Morgan fingerprint density at radius 3 is 0.738 bits per heavy atom. The molecule has 1 amide bonds. The maximum Gasteiger partial charge on any atom is 0.249 e. The van der Waals surface area contributed by atoms with E-state index in [9.17, 15) is 25.2 Å². The second-order valence-electron chi connectivity index (χ2n) is 21.1. The van der Waals surface area contributed by atoms with Gasteiger partial charge in [-0.3, -0.25) is 4.79 Å². The first-order chi connectivity index (χ1) is 32.0. The molecular weight excluding hydrogens is 803 g/mol. The van der Waals surface area contributed by atoms with Gasteiger partial charge in [0.25, 0.3) is 0 Å². The molecule has 0 rings (SSSR count). The number of unbranched alkanes of at least 4 members (excludes halogenated alkanes) is 47. The largest absolute Gasteiger partial charge is 0.394 e. The van der Waals surface area contributed by atoms with Crippen LogP contribution in [0.1, 0.15) is 341 Å². The number of amides is 1. The molecule has 0 spiro atoms. The minimum absolute atomic E-state index is 0.376. The highest BCUT2D eigenvalue weighted by molar-refractivity contribution is 5.80. The highest BCUT2D eigenvalue weighted by Gasteiger charge is 2.28. The Morgan fingerprint density at radius 1 is 0.323 bits per heavy atom. The van der Waals surface area contributed by atoms with Crippen LogP contribution in [-0.2, 0) is 4.79 Å². The molecule has 390 valence electrons. The fourth-order valence-electron chi connectivity index (χ4n) is 9.88. The van der Waals surface area contributed by atoms with Crippen molar-refractivity contribution in [3.8, 4) is 0 Å². The summed E-state index contributed by atoms with van der Waals surface area (Å²) in [7, 11) is 0. The second kappa shape index (κ2) is 54.3. The Morgan fingerprint density at radius 2 is 0.523 bits per heavy atom. The van der Waals surface area contributed by atoms with Crippen LogP contribution in [0.2, 0.25) is 0 Å². The summed E-state index contributed by atoms with van der Waals surface area (Å²) in [6.07, 6.45) is 63.3. The zero-order valence-corrected chi connectivity index (χ0v) is 44.3. The first-order valence-electron chi connectivity index (χ1n) is 29.9. The molecule has 0 saturated carbocycles. The molecule has 0 fully saturated rings. The van der Waals surface area contributed by atoms with Crippen molar-refractivity contribution < 1.29 is 25.2 Å². The van der Waals surface area contributed by atoms with Crippen molar-refractivity contribution in [2.75, 3.05) is 6.61 Å². The summed E-state index contributed by atoms with van der Waals surface area (Å²) < 4.78 is 0. The van der Waals surface area contributed by atoms with E-state index in [0.717, 1.165) is 38.5 Å². The molecule has 0 aliphatic carbocycles. The number of aliphatic hydroxyl groups excluding tert-OH is 4. The second-order valence-corrected chi connectivity index (χ2v) is 21.1. The van der Waals surface area contributed by atoms with Crippen molar-refractivity contribution in [2.24, 2.45) is 0 Å². The lowest BCUT2D eigenvalue weighted by atomic mass is 9.99. The number of carbonyl (C=O) groups excluding carboxylic acids is 1. The molecule has 6 nitrogen and oxygen atoms in total. The molecule has 0 saturated heterocycles.